The minimum absolute atomic E-state index is 0.248. The molecule has 0 aliphatic heterocycles. The fourth-order valence-electron chi connectivity index (χ4n) is 2.39. The van der Waals surface area contributed by atoms with Gasteiger partial charge < -0.3 is 10.4 Å². The monoisotopic (exact) mass is 378 g/mol. The molecule has 0 bridgehead atoms. The molecule has 7 heteroatoms. The highest BCUT2D eigenvalue weighted by Gasteiger charge is 2.17. The number of halogens is 2. The Balaban J connectivity index is 1.69. The van der Waals surface area contributed by atoms with Crippen LogP contribution in [0.25, 0.3) is 5.65 Å². The highest BCUT2D eigenvalue weighted by Crippen LogP contribution is 2.18. The predicted octanol–water partition coefficient (Wildman–Crippen LogP) is 2.84. The van der Waals surface area contributed by atoms with E-state index in [9.17, 15) is 9.50 Å². The van der Waals surface area contributed by atoms with Crippen molar-refractivity contribution in [2.24, 2.45) is 0 Å². The number of rotatable bonds is 5. The third kappa shape index (κ3) is 3.57. The Bertz CT molecular complexity index is 823. The van der Waals surface area contributed by atoms with Crippen LogP contribution < -0.4 is 5.32 Å². The zero-order valence-electron chi connectivity index (χ0n) is 12.4. The first kappa shape index (κ1) is 16.0. The van der Waals surface area contributed by atoms with Crippen LogP contribution in [0.3, 0.4) is 0 Å². The van der Waals surface area contributed by atoms with Crippen LogP contribution >= 0.6 is 15.9 Å². The topological polar surface area (TPSA) is 62.5 Å². The van der Waals surface area contributed by atoms with Gasteiger partial charge in [-0.1, -0.05) is 12.1 Å². The van der Waals surface area contributed by atoms with Crippen LogP contribution in [0.1, 0.15) is 24.2 Å². The number of nitrogens with one attached hydrogen (secondary N) is 1. The number of fused-ring (bicyclic) bond motifs is 1. The van der Waals surface area contributed by atoms with E-state index in [1.807, 2.05) is 13.1 Å². The summed E-state index contributed by atoms with van der Waals surface area (Å²) in [4.78, 5) is 4.33. The Morgan fingerprint density at radius 2 is 2.22 bits per heavy atom. The number of aromatic nitrogens is 3. The predicted molar refractivity (Wildman–Crippen MR) is 88.3 cm³/mol. The van der Waals surface area contributed by atoms with Gasteiger partial charge in [0.05, 0.1) is 16.8 Å². The minimum atomic E-state index is -0.797. The first-order chi connectivity index (χ1) is 11.0. The average molecular weight is 379 g/mol. The Hall–Kier alpha value is -1.83. The molecule has 3 aromatic rings. The molecule has 3 rings (SSSR count). The fourth-order valence-corrected chi connectivity index (χ4v) is 2.68. The third-order valence-corrected chi connectivity index (χ3v) is 4.09. The summed E-state index contributed by atoms with van der Waals surface area (Å²) in [6.07, 6.45) is 4.49. The molecule has 0 saturated carbocycles. The van der Waals surface area contributed by atoms with Gasteiger partial charge in [-0.25, -0.2) is 13.9 Å². The summed E-state index contributed by atoms with van der Waals surface area (Å²) in [5.41, 5.74) is 2.23. The third-order valence-electron chi connectivity index (χ3n) is 3.68. The molecule has 0 radical (unpaired) electrons. The van der Waals surface area contributed by atoms with Gasteiger partial charge in [0, 0.05) is 30.5 Å². The van der Waals surface area contributed by atoms with Gasteiger partial charge in [-0.05, 0) is 40.5 Å². The van der Waals surface area contributed by atoms with Crippen LogP contribution in [0.4, 0.5) is 4.39 Å². The molecule has 2 heterocycles. The molecule has 2 atom stereocenters. The zero-order valence-corrected chi connectivity index (χ0v) is 14.0. The molecule has 1 aromatic carbocycles. The number of nitrogens with zero attached hydrogens (tertiary/aromatic N) is 3. The molecule has 0 aliphatic carbocycles. The first-order valence-electron chi connectivity index (χ1n) is 7.19. The molecule has 2 N–H and O–H groups in total. The molecule has 0 fully saturated rings. The van der Waals surface area contributed by atoms with E-state index in [2.05, 4.69) is 31.3 Å². The van der Waals surface area contributed by atoms with Crippen molar-refractivity contribution in [2.45, 2.75) is 25.6 Å². The van der Waals surface area contributed by atoms with Gasteiger partial charge in [0.15, 0.2) is 5.65 Å². The SMILES string of the molecule is CC(NCc1cnn2cc(Br)cnc12)C(O)c1cccc(F)c1. The highest BCUT2D eigenvalue weighted by molar-refractivity contribution is 9.10. The van der Waals surface area contributed by atoms with Crippen LogP contribution in [-0.4, -0.2) is 25.7 Å². The molecule has 0 aliphatic rings. The molecule has 2 unspecified atom stereocenters. The molecular weight excluding hydrogens is 363 g/mol. The second-order valence-electron chi connectivity index (χ2n) is 5.38. The summed E-state index contributed by atoms with van der Waals surface area (Å²) in [5.74, 6) is -0.355. The minimum Gasteiger partial charge on any atom is -0.387 e. The van der Waals surface area contributed by atoms with Gasteiger partial charge in [0.25, 0.3) is 0 Å². The average Bonchev–Trinajstić information content (AvgIpc) is 2.94. The zero-order chi connectivity index (χ0) is 16.4. The molecule has 23 heavy (non-hydrogen) atoms. The molecule has 0 spiro atoms. The molecule has 0 saturated heterocycles. The van der Waals surface area contributed by atoms with Crippen LogP contribution in [-0.2, 0) is 6.54 Å². The molecule has 0 amide bonds. The quantitative estimate of drug-likeness (QED) is 0.716. The molecule has 2 aromatic heterocycles. The number of benzene rings is 1. The van der Waals surface area contributed by atoms with Gasteiger partial charge in [-0.15, -0.1) is 0 Å². The molecular formula is C16H16BrFN4O. The second-order valence-corrected chi connectivity index (χ2v) is 6.30. The maximum absolute atomic E-state index is 13.3. The van der Waals surface area contributed by atoms with Gasteiger partial charge in [-0.3, -0.25) is 0 Å². The maximum atomic E-state index is 13.3. The van der Waals surface area contributed by atoms with Gasteiger partial charge in [0.1, 0.15) is 5.82 Å². The lowest BCUT2D eigenvalue weighted by Gasteiger charge is -2.20. The van der Waals surface area contributed by atoms with Crippen molar-refractivity contribution in [3.05, 3.63) is 64.3 Å². The Morgan fingerprint density at radius 1 is 1.39 bits per heavy atom. The van der Waals surface area contributed by atoms with Crippen LogP contribution in [0.5, 0.6) is 0 Å². The van der Waals surface area contributed by atoms with Crippen LogP contribution in [0, 0.1) is 5.82 Å². The summed E-state index contributed by atoms with van der Waals surface area (Å²) in [5, 5.41) is 17.8. The second kappa shape index (κ2) is 6.74. The highest BCUT2D eigenvalue weighted by atomic mass is 79.9. The Labute approximate surface area is 141 Å². The van der Waals surface area contributed by atoms with E-state index in [0.29, 0.717) is 12.1 Å². The van der Waals surface area contributed by atoms with Gasteiger partial charge >= 0.3 is 0 Å². The van der Waals surface area contributed by atoms with Crippen molar-refractivity contribution >= 4 is 21.6 Å². The summed E-state index contributed by atoms with van der Waals surface area (Å²) >= 11 is 3.35. The summed E-state index contributed by atoms with van der Waals surface area (Å²) in [6, 6.07) is 5.75. The van der Waals surface area contributed by atoms with Crippen LogP contribution in [0.2, 0.25) is 0 Å². The first-order valence-corrected chi connectivity index (χ1v) is 7.98. The summed E-state index contributed by atoms with van der Waals surface area (Å²) in [7, 11) is 0. The van der Waals surface area contributed by atoms with Crippen molar-refractivity contribution in [3.63, 3.8) is 0 Å². The number of aliphatic hydroxyl groups excluding tert-OH is 1. The van der Waals surface area contributed by atoms with E-state index in [0.717, 1.165) is 15.7 Å². The van der Waals surface area contributed by atoms with Crippen molar-refractivity contribution in [2.75, 3.05) is 0 Å². The lowest BCUT2D eigenvalue weighted by Crippen LogP contribution is -2.31. The standard InChI is InChI=1S/C16H16BrFN4O/c1-10(15(23)11-3-2-4-14(18)5-11)19-6-12-7-21-22-9-13(17)8-20-16(12)22/h2-5,7-10,15,19,23H,6H2,1H3. The lowest BCUT2D eigenvalue weighted by molar-refractivity contribution is 0.135. The largest absolute Gasteiger partial charge is 0.387 e. The van der Waals surface area contributed by atoms with Gasteiger partial charge in [-0.2, -0.15) is 5.10 Å². The van der Waals surface area contributed by atoms with Crippen molar-refractivity contribution in [1.82, 2.24) is 19.9 Å². The van der Waals surface area contributed by atoms with Crippen molar-refractivity contribution in [3.8, 4) is 0 Å². The number of hydrogen-bond acceptors (Lipinski definition) is 4. The van der Waals surface area contributed by atoms with Crippen molar-refractivity contribution < 1.29 is 9.50 Å². The number of hydrogen-bond donors (Lipinski definition) is 2. The molecule has 5 nitrogen and oxygen atoms in total. The van der Waals surface area contributed by atoms with E-state index in [-0.39, 0.29) is 11.9 Å². The normalized spacial score (nSPS) is 14.1. The van der Waals surface area contributed by atoms with E-state index < -0.39 is 6.10 Å². The van der Waals surface area contributed by atoms with E-state index in [1.54, 1.807) is 29.0 Å². The molecule has 120 valence electrons. The maximum Gasteiger partial charge on any atom is 0.159 e. The Kier molecular flexibility index (Phi) is 4.70. The van der Waals surface area contributed by atoms with E-state index in [1.165, 1.54) is 12.1 Å². The van der Waals surface area contributed by atoms with Gasteiger partial charge in [0.2, 0.25) is 0 Å². The fraction of sp³-hybridized carbons (Fsp3) is 0.250. The van der Waals surface area contributed by atoms with E-state index >= 15 is 0 Å². The van der Waals surface area contributed by atoms with Crippen molar-refractivity contribution in [1.29, 1.82) is 0 Å². The van der Waals surface area contributed by atoms with Crippen LogP contribution in [0.15, 0.2) is 47.3 Å². The van der Waals surface area contributed by atoms with E-state index in [4.69, 9.17) is 0 Å². The Morgan fingerprint density at radius 3 is 3.00 bits per heavy atom. The smallest absolute Gasteiger partial charge is 0.159 e. The summed E-state index contributed by atoms with van der Waals surface area (Å²) < 4.78 is 15.8. The lowest BCUT2D eigenvalue weighted by atomic mass is 10.0. The number of aliphatic hydroxyl groups is 1. The summed E-state index contributed by atoms with van der Waals surface area (Å²) in [6.45, 7) is 2.36.